The van der Waals surface area contributed by atoms with E-state index in [9.17, 15) is 22.0 Å². The number of carboxylic acid groups (broad SMARTS) is 1. The van der Waals surface area contributed by atoms with Crippen LogP contribution in [0.3, 0.4) is 0 Å². The first-order valence-electron chi connectivity index (χ1n) is 8.20. The van der Waals surface area contributed by atoms with Crippen LogP contribution < -0.4 is 4.74 Å². The summed E-state index contributed by atoms with van der Waals surface area (Å²) < 4.78 is 58.1. The van der Waals surface area contributed by atoms with Crippen LogP contribution in [0.25, 0.3) is 0 Å². The number of fused-ring (bicyclic) bond motifs is 1. The van der Waals surface area contributed by atoms with Crippen molar-refractivity contribution in [3.05, 3.63) is 52.8 Å². The molecule has 0 bridgehead atoms. The number of sulfone groups is 1. The maximum Gasteiger partial charge on any atom is 0.304 e. The van der Waals surface area contributed by atoms with E-state index in [1.54, 1.807) is 6.07 Å². The fourth-order valence-electron chi connectivity index (χ4n) is 3.41. The highest BCUT2D eigenvalue weighted by atomic mass is 32.2. The Kier molecular flexibility index (Phi) is 5.08. The van der Waals surface area contributed by atoms with Gasteiger partial charge in [-0.25, -0.2) is 17.2 Å². The van der Waals surface area contributed by atoms with E-state index in [2.05, 4.69) is 0 Å². The van der Waals surface area contributed by atoms with Gasteiger partial charge in [0.1, 0.15) is 23.5 Å². The van der Waals surface area contributed by atoms with Gasteiger partial charge in [-0.05, 0) is 29.8 Å². The Morgan fingerprint density at radius 3 is 2.68 bits per heavy atom. The summed E-state index contributed by atoms with van der Waals surface area (Å²) in [6.45, 7) is 0. The monoisotopic (exact) mass is 407 g/mol. The predicted molar refractivity (Wildman–Crippen MR) is 94.3 cm³/mol. The number of rotatable bonds is 5. The first kappa shape index (κ1) is 19.8. The Morgan fingerprint density at radius 2 is 2.07 bits per heavy atom. The first-order chi connectivity index (χ1) is 13.1. The molecule has 0 unspecified atom stereocenters. The molecule has 0 radical (unpaired) electrons. The maximum atomic E-state index is 14.6. The molecule has 6 nitrogen and oxygen atoms in total. The van der Waals surface area contributed by atoms with Crippen molar-refractivity contribution in [3.8, 4) is 17.6 Å². The molecule has 1 aliphatic rings. The minimum Gasteiger partial charge on any atom is -0.481 e. The zero-order valence-electron chi connectivity index (χ0n) is 14.6. The topological polar surface area (TPSA) is 104 Å². The second-order valence-corrected chi connectivity index (χ2v) is 8.52. The van der Waals surface area contributed by atoms with Crippen LogP contribution in [0.5, 0.6) is 11.5 Å². The molecule has 0 spiro atoms. The van der Waals surface area contributed by atoms with Crippen molar-refractivity contribution < 1.29 is 31.8 Å². The Morgan fingerprint density at radius 1 is 1.36 bits per heavy atom. The Labute approximate surface area is 159 Å². The van der Waals surface area contributed by atoms with Gasteiger partial charge in [0.15, 0.2) is 9.84 Å². The number of nitrogens with zero attached hydrogens (tertiary/aromatic N) is 1. The minimum atomic E-state index is -3.75. The molecule has 9 heteroatoms. The second kappa shape index (κ2) is 7.20. The summed E-state index contributed by atoms with van der Waals surface area (Å²) in [5.41, 5.74) is 0.322. The quantitative estimate of drug-likeness (QED) is 0.815. The lowest BCUT2D eigenvalue weighted by molar-refractivity contribution is -0.137. The highest BCUT2D eigenvalue weighted by Gasteiger charge is 2.40. The largest absolute Gasteiger partial charge is 0.481 e. The highest BCUT2D eigenvalue weighted by molar-refractivity contribution is 7.90. The number of hydrogen-bond acceptors (Lipinski definition) is 5. The van der Waals surface area contributed by atoms with Crippen molar-refractivity contribution in [3.63, 3.8) is 0 Å². The molecular weight excluding hydrogens is 392 g/mol. The van der Waals surface area contributed by atoms with E-state index in [4.69, 9.17) is 15.1 Å². The summed E-state index contributed by atoms with van der Waals surface area (Å²) in [5, 5.41) is 18.0. The van der Waals surface area contributed by atoms with Crippen molar-refractivity contribution in [2.45, 2.75) is 29.8 Å². The molecule has 1 N–H and O–H groups in total. The van der Waals surface area contributed by atoms with E-state index < -0.39 is 40.1 Å². The SMILES string of the molecule is CS(=O)(=O)c1ccc(Oc2cc(F)cc(C#N)c2)c2c1[C@H](CC(=O)O)[C@H](F)C2. The number of benzene rings is 2. The van der Waals surface area contributed by atoms with Crippen molar-refractivity contribution in [2.24, 2.45) is 0 Å². The van der Waals surface area contributed by atoms with E-state index >= 15 is 0 Å². The summed E-state index contributed by atoms with van der Waals surface area (Å²) >= 11 is 0. The molecule has 0 heterocycles. The number of alkyl halides is 1. The van der Waals surface area contributed by atoms with Gasteiger partial charge >= 0.3 is 5.97 Å². The number of carbonyl (C=O) groups is 1. The molecular formula is C19H15F2NO5S. The van der Waals surface area contributed by atoms with E-state index in [0.29, 0.717) is 0 Å². The Balaban J connectivity index is 2.14. The number of halogens is 2. The molecule has 0 aliphatic heterocycles. The van der Waals surface area contributed by atoms with Gasteiger partial charge in [-0.1, -0.05) is 0 Å². The average molecular weight is 407 g/mol. The third-order valence-corrected chi connectivity index (χ3v) is 5.66. The highest BCUT2D eigenvalue weighted by Crippen LogP contribution is 2.46. The van der Waals surface area contributed by atoms with Crippen LogP contribution in [0, 0.1) is 17.1 Å². The number of nitriles is 1. The molecule has 2 atom stereocenters. The lowest BCUT2D eigenvalue weighted by Crippen LogP contribution is -2.15. The summed E-state index contributed by atoms with van der Waals surface area (Å²) in [6.07, 6.45) is -1.44. The lowest BCUT2D eigenvalue weighted by Gasteiger charge is -2.17. The third-order valence-electron chi connectivity index (χ3n) is 4.50. The lowest BCUT2D eigenvalue weighted by atomic mass is 9.96. The maximum absolute atomic E-state index is 14.6. The van der Waals surface area contributed by atoms with Crippen molar-refractivity contribution in [2.75, 3.05) is 6.26 Å². The first-order valence-corrected chi connectivity index (χ1v) is 10.1. The Hall–Kier alpha value is -2.99. The smallest absolute Gasteiger partial charge is 0.304 e. The summed E-state index contributed by atoms with van der Waals surface area (Å²) in [7, 11) is -3.75. The van der Waals surface area contributed by atoms with Crippen LogP contribution in [0.1, 0.15) is 29.0 Å². The fourth-order valence-corrected chi connectivity index (χ4v) is 4.40. The van der Waals surface area contributed by atoms with Gasteiger partial charge in [0.05, 0.1) is 22.9 Å². The van der Waals surface area contributed by atoms with Gasteiger partial charge in [0.25, 0.3) is 0 Å². The Bertz CT molecular complexity index is 1110. The van der Waals surface area contributed by atoms with Crippen LogP contribution >= 0.6 is 0 Å². The van der Waals surface area contributed by atoms with Crippen LogP contribution in [0.2, 0.25) is 0 Å². The molecule has 1 aliphatic carbocycles. The van der Waals surface area contributed by atoms with Gasteiger partial charge in [-0.2, -0.15) is 5.26 Å². The normalized spacial score (nSPS) is 18.4. The van der Waals surface area contributed by atoms with Gasteiger partial charge in [-0.15, -0.1) is 0 Å². The van der Waals surface area contributed by atoms with Crippen LogP contribution in [0.15, 0.2) is 35.2 Å². The number of aliphatic carboxylic acids is 1. The molecule has 0 saturated carbocycles. The van der Waals surface area contributed by atoms with Crippen molar-refractivity contribution >= 4 is 15.8 Å². The van der Waals surface area contributed by atoms with E-state index in [0.717, 1.165) is 18.4 Å². The van der Waals surface area contributed by atoms with Crippen molar-refractivity contribution in [1.82, 2.24) is 0 Å². The standard InChI is InChI=1S/C19H15F2NO5S/c1-28(25,26)17-3-2-16(27-12-5-10(9-22)4-11(20)6-12)14-7-15(21)13(19(14)17)8-18(23)24/h2-6,13,15H,7-8H2,1H3,(H,23,24)/t13-,15-/m1/s1. The molecule has 146 valence electrons. The van der Waals surface area contributed by atoms with E-state index in [1.807, 2.05) is 0 Å². The van der Waals surface area contributed by atoms with Crippen LogP contribution in [-0.2, 0) is 21.1 Å². The van der Waals surface area contributed by atoms with Gasteiger partial charge in [-0.3, -0.25) is 4.79 Å². The molecule has 2 aromatic carbocycles. The van der Waals surface area contributed by atoms with Gasteiger partial charge < -0.3 is 9.84 Å². The molecule has 2 aromatic rings. The minimum absolute atomic E-state index is 0.0112. The second-order valence-electron chi connectivity index (χ2n) is 6.54. The number of hydrogen-bond donors (Lipinski definition) is 1. The van der Waals surface area contributed by atoms with Gasteiger partial charge in [0.2, 0.25) is 0 Å². The van der Waals surface area contributed by atoms with E-state index in [1.165, 1.54) is 18.2 Å². The summed E-state index contributed by atoms with van der Waals surface area (Å²) in [4.78, 5) is 11.0. The number of carboxylic acids is 1. The zero-order chi connectivity index (χ0) is 20.6. The predicted octanol–water partition coefficient (Wildman–Crippen LogP) is 3.35. The van der Waals surface area contributed by atoms with Crippen LogP contribution in [-0.4, -0.2) is 31.9 Å². The molecule has 28 heavy (non-hydrogen) atoms. The van der Waals surface area contributed by atoms with Crippen molar-refractivity contribution in [1.29, 1.82) is 5.26 Å². The number of ether oxygens (including phenoxy) is 1. The molecule has 0 amide bonds. The van der Waals surface area contributed by atoms with Gasteiger partial charge in [0, 0.05) is 30.2 Å². The summed E-state index contributed by atoms with van der Waals surface area (Å²) in [5.74, 6) is -3.01. The molecule has 0 aromatic heterocycles. The molecule has 0 saturated heterocycles. The molecule has 3 rings (SSSR count). The fraction of sp³-hybridized carbons (Fsp3) is 0.263. The zero-order valence-corrected chi connectivity index (χ0v) is 15.5. The average Bonchev–Trinajstić information content (AvgIpc) is 2.90. The third kappa shape index (κ3) is 3.82. The molecule has 0 fully saturated rings. The van der Waals surface area contributed by atoms with Crippen LogP contribution in [0.4, 0.5) is 8.78 Å². The summed E-state index contributed by atoms with van der Waals surface area (Å²) in [6, 6.07) is 7.67. The van der Waals surface area contributed by atoms with E-state index in [-0.39, 0.29) is 39.5 Å².